The van der Waals surface area contributed by atoms with E-state index < -0.39 is 0 Å². The van der Waals surface area contributed by atoms with Gasteiger partial charge in [0.1, 0.15) is 11.5 Å². The third-order valence-electron chi connectivity index (χ3n) is 2.92. The van der Waals surface area contributed by atoms with Gasteiger partial charge in [-0.25, -0.2) is 0 Å². The Labute approximate surface area is 115 Å². The summed E-state index contributed by atoms with van der Waals surface area (Å²) in [4.78, 5) is 12.1. The summed E-state index contributed by atoms with van der Waals surface area (Å²) in [5.41, 5.74) is 0.784. The van der Waals surface area contributed by atoms with Crippen molar-refractivity contribution in [3.63, 3.8) is 0 Å². The molecule has 0 spiro atoms. The second kappa shape index (κ2) is 5.52. The van der Waals surface area contributed by atoms with Crippen LogP contribution in [0.25, 0.3) is 0 Å². The molecule has 2 aromatic rings. The van der Waals surface area contributed by atoms with Gasteiger partial charge in [0.15, 0.2) is 17.3 Å². The minimum Gasteiger partial charge on any atom is -0.508 e. The summed E-state index contributed by atoms with van der Waals surface area (Å²) in [6.45, 7) is 0. The summed E-state index contributed by atoms with van der Waals surface area (Å²) in [6, 6.07) is 8.37. The number of ketones is 1. The number of hydrogen-bond acceptors (Lipinski definition) is 5. The summed E-state index contributed by atoms with van der Waals surface area (Å²) in [5.74, 6) is -0.263. The largest absolute Gasteiger partial charge is 0.508 e. The van der Waals surface area contributed by atoms with Crippen molar-refractivity contribution in [2.45, 2.75) is 6.42 Å². The molecule has 0 amide bonds. The first-order chi connectivity index (χ1) is 9.51. The number of carbonyl (C=O) groups is 1. The van der Waals surface area contributed by atoms with E-state index in [1.807, 2.05) is 0 Å². The quantitative estimate of drug-likeness (QED) is 0.744. The van der Waals surface area contributed by atoms with Gasteiger partial charge in [-0.15, -0.1) is 0 Å². The molecule has 0 aliphatic heterocycles. The van der Waals surface area contributed by atoms with Crippen molar-refractivity contribution < 1.29 is 24.9 Å². The van der Waals surface area contributed by atoms with Crippen LogP contribution in [0.5, 0.6) is 23.0 Å². The van der Waals surface area contributed by atoms with Crippen molar-refractivity contribution in [2.24, 2.45) is 0 Å². The van der Waals surface area contributed by atoms with Gasteiger partial charge in [-0.2, -0.15) is 0 Å². The maximum atomic E-state index is 12.1. The molecule has 2 rings (SSSR count). The zero-order chi connectivity index (χ0) is 14.7. The molecule has 20 heavy (non-hydrogen) atoms. The molecule has 0 aromatic heterocycles. The highest BCUT2D eigenvalue weighted by Crippen LogP contribution is 2.28. The highest BCUT2D eigenvalue weighted by atomic mass is 16.5. The molecule has 2 aromatic carbocycles. The fraction of sp³-hybridized carbons (Fsp3) is 0.133. The first-order valence-corrected chi connectivity index (χ1v) is 5.92. The summed E-state index contributed by atoms with van der Waals surface area (Å²) < 4.78 is 4.94. The predicted octanol–water partition coefficient (Wildman–Crippen LogP) is 2.24. The number of rotatable bonds is 4. The van der Waals surface area contributed by atoms with Gasteiger partial charge < -0.3 is 20.1 Å². The van der Waals surface area contributed by atoms with Gasteiger partial charge in [-0.1, -0.05) is 6.07 Å². The van der Waals surface area contributed by atoms with Crippen LogP contribution < -0.4 is 4.74 Å². The third kappa shape index (κ3) is 2.83. The van der Waals surface area contributed by atoms with Crippen LogP contribution in [0, 0.1) is 0 Å². The van der Waals surface area contributed by atoms with Gasteiger partial charge in [0, 0.05) is 23.6 Å². The predicted molar refractivity (Wildman–Crippen MR) is 72.5 cm³/mol. The molecule has 0 saturated heterocycles. The number of methoxy groups -OCH3 is 1. The molecule has 5 nitrogen and oxygen atoms in total. The topological polar surface area (TPSA) is 87.0 Å². The minimum absolute atomic E-state index is 0.0138. The smallest absolute Gasteiger partial charge is 0.167 e. The summed E-state index contributed by atoms with van der Waals surface area (Å²) >= 11 is 0. The van der Waals surface area contributed by atoms with E-state index in [0.717, 1.165) is 0 Å². The number of aromatic hydroxyl groups is 3. The van der Waals surface area contributed by atoms with Crippen LogP contribution in [-0.2, 0) is 6.42 Å². The van der Waals surface area contributed by atoms with Crippen molar-refractivity contribution in [1.29, 1.82) is 0 Å². The van der Waals surface area contributed by atoms with E-state index in [-0.39, 0.29) is 35.2 Å². The zero-order valence-electron chi connectivity index (χ0n) is 10.8. The van der Waals surface area contributed by atoms with Crippen LogP contribution in [0.15, 0.2) is 36.4 Å². The van der Waals surface area contributed by atoms with Crippen molar-refractivity contribution in [1.82, 2.24) is 0 Å². The lowest BCUT2D eigenvalue weighted by Crippen LogP contribution is -2.04. The van der Waals surface area contributed by atoms with Crippen molar-refractivity contribution in [2.75, 3.05) is 7.11 Å². The van der Waals surface area contributed by atoms with E-state index in [4.69, 9.17) is 4.74 Å². The molecular weight excluding hydrogens is 260 g/mol. The van der Waals surface area contributed by atoms with E-state index in [1.165, 1.54) is 43.5 Å². The highest BCUT2D eigenvalue weighted by molar-refractivity contribution is 5.98. The number of benzene rings is 2. The monoisotopic (exact) mass is 274 g/mol. The van der Waals surface area contributed by atoms with Crippen LogP contribution >= 0.6 is 0 Å². The lowest BCUT2D eigenvalue weighted by Gasteiger charge is -2.07. The molecule has 0 fully saturated rings. The van der Waals surface area contributed by atoms with Gasteiger partial charge in [0.2, 0.25) is 0 Å². The van der Waals surface area contributed by atoms with E-state index in [0.29, 0.717) is 11.1 Å². The van der Waals surface area contributed by atoms with Gasteiger partial charge in [-0.3, -0.25) is 4.79 Å². The standard InChI is InChI=1S/C15H14O5/c1-20-15-7-10(3-5-12(15)17)13(18)6-9-2-4-11(16)8-14(9)19/h2-5,7-8,16-17,19H,6H2,1H3. The summed E-state index contributed by atoms with van der Waals surface area (Å²) in [7, 11) is 1.40. The van der Waals surface area contributed by atoms with Crippen LogP contribution in [0.2, 0.25) is 0 Å². The Kier molecular flexibility index (Phi) is 3.79. The van der Waals surface area contributed by atoms with Gasteiger partial charge >= 0.3 is 0 Å². The Hall–Kier alpha value is -2.69. The molecule has 0 heterocycles. The molecule has 0 radical (unpaired) electrons. The molecule has 0 bridgehead atoms. The first kappa shape index (κ1) is 13.7. The fourth-order valence-corrected chi connectivity index (χ4v) is 1.83. The van der Waals surface area contributed by atoms with Crippen LogP contribution in [0.4, 0.5) is 0 Å². The lowest BCUT2D eigenvalue weighted by molar-refractivity contribution is 0.0991. The number of hydrogen-bond donors (Lipinski definition) is 3. The number of carbonyl (C=O) groups excluding carboxylic acids is 1. The third-order valence-corrected chi connectivity index (χ3v) is 2.92. The molecule has 0 saturated carbocycles. The van der Waals surface area contributed by atoms with Crippen LogP contribution in [0.1, 0.15) is 15.9 Å². The van der Waals surface area contributed by atoms with Gasteiger partial charge in [0.25, 0.3) is 0 Å². The lowest BCUT2D eigenvalue weighted by atomic mass is 10.0. The minimum atomic E-state index is -0.232. The van der Waals surface area contributed by atoms with Crippen molar-refractivity contribution in [3.05, 3.63) is 47.5 Å². The Morgan fingerprint density at radius 3 is 2.45 bits per heavy atom. The Morgan fingerprint density at radius 1 is 1.05 bits per heavy atom. The second-order valence-electron chi connectivity index (χ2n) is 4.30. The van der Waals surface area contributed by atoms with Crippen LogP contribution in [-0.4, -0.2) is 28.2 Å². The van der Waals surface area contributed by atoms with Crippen molar-refractivity contribution in [3.8, 4) is 23.0 Å². The molecule has 3 N–H and O–H groups in total. The Morgan fingerprint density at radius 2 is 1.80 bits per heavy atom. The molecule has 0 aliphatic carbocycles. The Bertz CT molecular complexity index is 649. The molecule has 0 unspecified atom stereocenters. The first-order valence-electron chi connectivity index (χ1n) is 5.92. The second-order valence-corrected chi connectivity index (χ2v) is 4.30. The molecule has 5 heteroatoms. The average molecular weight is 274 g/mol. The van der Waals surface area contributed by atoms with Crippen LogP contribution in [0.3, 0.4) is 0 Å². The molecule has 0 atom stereocenters. The summed E-state index contributed by atoms with van der Waals surface area (Å²) in [5, 5.41) is 28.3. The zero-order valence-corrected chi connectivity index (χ0v) is 10.8. The normalized spacial score (nSPS) is 10.2. The molecular formula is C15H14O5. The maximum Gasteiger partial charge on any atom is 0.167 e. The average Bonchev–Trinajstić information content (AvgIpc) is 2.42. The van der Waals surface area contributed by atoms with E-state index in [2.05, 4.69) is 0 Å². The summed E-state index contributed by atoms with van der Waals surface area (Å²) in [6.07, 6.45) is -0.0138. The van der Waals surface area contributed by atoms with E-state index in [1.54, 1.807) is 0 Å². The van der Waals surface area contributed by atoms with Gasteiger partial charge in [-0.05, 0) is 24.3 Å². The maximum absolute atomic E-state index is 12.1. The number of phenolic OH excluding ortho intramolecular Hbond substituents is 3. The Balaban J connectivity index is 2.24. The van der Waals surface area contributed by atoms with E-state index >= 15 is 0 Å². The van der Waals surface area contributed by atoms with Crippen molar-refractivity contribution >= 4 is 5.78 Å². The number of phenols is 3. The number of Topliss-reactive ketones (excluding diaryl/α,β-unsaturated/α-hetero) is 1. The highest BCUT2D eigenvalue weighted by Gasteiger charge is 2.13. The van der Waals surface area contributed by atoms with Gasteiger partial charge in [0.05, 0.1) is 7.11 Å². The molecule has 0 aliphatic rings. The molecule has 104 valence electrons. The fourth-order valence-electron chi connectivity index (χ4n) is 1.83. The number of ether oxygens (including phenoxy) is 1. The SMILES string of the molecule is COc1cc(C(=O)Cc2ccc(O)cc2O)ccc1O. The van der Waals surface area contributed by atoms with E-state index in [9.17, 15) is 20.1 Å².